The fraction of sp³-hybridized carbons (Fsp3) is 0.467. The van der Waals surface area contributed by atoms with E-state index in [9.17, 15) is 0 Å². The maximum Gasteiger partial charge on any atom is 0.0621 e. The molecule has 0 saturated heterocycles. The summed E-state index contributed by atoms with van der Waals surface area (Å²) in [5, 5.41) is 1.28. The Morgan fingerprint density at radius 2 is 2.00 bits per heavy atom. The molecule has 0 bridgehead atoms. The van der Waals surface area contributed by atoms with Gasteiger partial charge in [0.1, 0.15) is 0 Å². The normalized spacial score (nSPS) is 13.2. The molecule has 2 aromatic rings. The van der Waals surface area contributed by atoms with Crippen LogP contribution in [0.4, 0.5) is 5.69 Å². The Morgan fingerprint density at radius 3 is 2.67 bits per heavy atom. The number of aromatic nitrogens is 1. The predicted molar refractivity (Wildman–Crippen MR) is 79.0 cm³/mol. The molecule has 2 rings (SSSR count). The van der Waals surface area contributed by atoms with E-state index in [1.54, 1.807) is 0 Å². The molecular formula is C15H23N3. The number of benzene rings is 1. The lowest BCUT2D eigenvalue weighted by atomic mass is 9.95. The molecule has 1 heterocycles. The van der Waals surface area contributed by atoms with E-state index in [2.05, 4.69) is 61.2 Å². The number of nitrogens with one attached hydrogen (secondary N) is 1. The zero-order chi connectivity index (χ0) is 13.1. The molecule has 1 atom stereocenters. The molecule has 1 aromatic carbocycles. The smallest absolute Gasteiger partial charge is 0.0621 e. The Hall–Kier alpha value is -1.48. The molecule has 0 aliphatic carbocycles. The largest absolute Gasteiger partial charge is 0.373 e. The maximum absolute atomic E-state index is 5.85. The Balaban J connectivity index is 2.20. The van der Waals surface area contributed by atoms with Crippen LogP contribution >= 0.6 is 0 Å². The van der Waals surface area contributed by atoms with Gasteiger partial charge >= 0.3 is 0 Å². The second-order valence-corrected chi connectivity index (χ2v) is 5.34. The molecule has 3 heteroatoms. The second-order valence-electron chi connectivity index (χ2n) is 5.34. The van der Waals surface area contributed by atoms with Crippen LogP contribution in [0, 0.1) is 11.8 Å². The topological polar surface area (TPSA) is 45.0 Å². The van der Waals surface area contributed by atoms with E-state index >= 15 is 0 Å². The van der Waals surface area contributed by atoms with Gasteiger partial charge in [-0.05, 0) is 24.4 Å². The van der Waals surface area contributed by atoms with E-state index < -0.39 is 0 Å². The predicted octanol–water partition coefficient (Wildman–Crippen LogP) is 2.84. The Bertz CT molecular complexity index is 501. The van der Waals surface area contributed by atoms with Crippen molar-refractivity contribution in [1.29, 1.82) is 0 Å². The third-order valence-electron chi connectivity index (χ3n) is 3.73. The van der Waals surface area contributed by atoms with E-state index in [0.717, 1.165) is 13.1 Å². The summed E-state index contributed by atoms with van der Waals surface area (Å²) in [4.78, 5) is 5.62. The van der Waals surface area contributed by atoms with Crippen LogP contribution in [0.5, 0.6) is 0 Å². The molecule has 0 spiro atoms. The zero-order valence-electron chi connectivity index (χ0n) is 11.5. The highest BCUT2D eigenvalue weighted by molar-refractivity contribution is 5.92. The minimum Gasteiger partial charge on any atom is -0.373 e. The second kappa shape index (κ2) is 5.44. The lowest BCUT2D eigenvalue weighted by Gasteiger charge is -2.26. The van der Waals surface area contributed by atoms with Crippen LogP contribution in [0.25, 0.3) is 10.9 Å². The van der Waals surface area contributed by atoms with E-state index in [1.165, 1.54) is 16.6 Å². The summed E-state index contributed by atoms with van der Waals surface area (Å²) in [6.07, 6.45) is 2.08. The molecule has 3 N–H and O–H groups in total. The van der Waals surface area contributed by atoms with Gasteiger partial charge in [0, 0.05) is 30.7 Å². The van der Waals surface area contributed by atoms with Gasteiger partial charge in [-0.15, -0.1) is 0 Å². The van der Waals surface area contributed by atoms with Crippen molar-refractivity contribution in [2.24, 2.45) is 17.6 Å². The number of nitrogens with two attached hydrogens (primary N) is 1. The highest BCUT2D eigenvalue weighted by Gasteiger charge is 2.16. The van der Waals surface area contributed by atoms with Crippen molar-refractivity contribution in [3.63, 3.8) is 0 Å². The van der Waals surface area contributed by atoms with Gasteiger partial charge in [0.2, 0.25) is 0 Å². The van der Waals surface area contributed by atoms with Gasteiger partial charge in [0.25, 0.3) is 0 Å². The van der Waals surface area contributed by atoms with Gasteiger partial charge in [0.15, 0.2) is 0 Å². The van der Waals surface area contributed by atoms with E-state index in [-0.39, 0.29) is 0 Å². The molecule has 0 radical (unpaired) electrons. The molecule has 3 nitrogen and oxygen atoms in total. The van der Waals surface area contributed by atoms with E-state index in [4.69, 9.17) is 5.73 Å². The fourth-order valence-electron chi connectivity index (χ4n) is 2.38. The first kappa shape index (κ1) is 13.0. The first-order chi connectivity index (χ1) is 8.63. The molecule has 0 aliphatic heterocycles. The fourth-order valence-corrected chi connectivity index (χ4v) is 2.38. The SMILES string of the molecule is CC(C)C(CN)CN(C)c1c[nH]c2ccccc12. The number of H-pyrrole nitrogens is 1. The Kier molecular flexibility index (Phi) is 3.92. The van der Waals surface area contributed by atoms with E-state index in [1.807, 2.05) is 0 Å². The third-order valence-corrected chi connectivity index (χ3v) is 3.73. The Morgan fingerprint density at radius 1 is 1.28 bits per heavy atom. The standard InChI is InChI=1S/C15H23N3/c1-11(2)12(8-16)10-18(3)15-9-17-14-7-5-4-6-13(14)15/h4-7,9,11-12,17H,8,10,16H2,1-3H3. The van der Waals surface area contributed by atoms with Crippen LogP contribution in [0.3, 0.4) is 0 Å². The van der Waals surface area contributed by atoms with E-state index in [0.29, 0.717) is 11.8 Å². The third kappa shape index (κ3) is 2.51. The molecule has 18 heavy (non-hydrogen) atoms. The summed E-state index contributed by atoms with van der Waals surface area (Å²) in [6, 6.07) is 8.40. The van der Waals surface area contributed by atoms with Gasteiger partial charge in [-0.1, -0.05) is 32.0 Å². The molecule has 0 fully saturated rings. The summed E-state index contributed by atoms with van der Waals surface area (Å²) in [7, 11) is 2.14. The van der Waals surface area contributed by atoms with Crippen molar-refractivity contribution in [3.05, 3.63) is 30.5 Å². The van der Waals surface area contributed by atoms with Gasteiger partial charge in [-0.3, -0.25) is 0 Å². The first-order valence-electron chi connectivity index (χ1n) is 6.60. The first-order valence-corrected chi connectivity index (χ1v) is 6.60. The minimum absolute atomic E-state index is 0.531. The summed E-state index contributed by atoms with van der Waals surface area (Å²) < 4.78 is 0. The average molecular weight is 245 g/mol. The van der Waals surface area contributed by atoms with Gasteiger partial charge in [0.05, 0.1) is 5.69 Å². The average Bonchev–Trinajstić information content (AvgIpc) is 2.79. The number of rotatable bonds is 5. The molecule has 1 aromatic heterocycles. The van der Waals surface area contributed by atoms with Crippen molar-refractivity contribution < 1.29 is 0 Å². The number of anilines is 1. The van der Waals surface area contributed by atoms with Crippen molar-refractivity contribution in [2.45, 2.75) is 13.8 Å². The number of fused-ring (bicyclic) bond motifs is 1. The van der Waals surface area contributed by atoms with Crippen LogP contribution in [0.1, 0.15) is 13.8 Å². The van der Waals surface area contributed by atoms with Crippen LogP contribution in [0.2, 0.25) is 0 Å². The molecule has 1 unspecified atom stereocenters. The summed E-state index contributed by atoms with van der Waals surface area (Å²) in [6.45, 7) is 6.21. The number of para-hydroxylation sites is 1. The van der Waals surface area contributed by atoms with Crippen LogP contribution in [0.15, 0.2) is 30.5 Å². The van der Waals surface area contributed by atoms with Gasteiger partial charge < -0.3 is 15.6 Å². The van der Waals surface area contributed by atoms with Gasteiger partial charge in [-0.2, -0.15) is 0 Å². The molecule has 0 amide bonds. The monoisotopic (exact) mass is 245 g/mol. The number of aromatic amines is 1. The van der Waals surface area contributed by atoms with Crippen molar-refractivity contribution in [3.8, 4) is 0 Å². The van der Waals surface area contributed by atoms with Gasteiger partial charge in [-0.25, -0.2) is 0 Å². The quantitative estimate of drug-likeness (QED) is 0.850. The van der Waals surface area contributed by atoms with Crippen molar-refractivity contribution >= 4 is 16.6 Å². The maximum atomic E-state index is 5.85. The van der Waals surface area contributed by atoms with Crippen LogP contribution in [-0.2, 0) is 0 Å². The molecular weight excluding hydrogens is 222 g/mol. The summed E-state index contributed by atoms with van der Waals surface area (Å²) in [5.41, 5.74) is 8.30. The molecule has 0 aliphatic rings. The molecule has 98 valence electrons. The van der Waals surface area contributed by atoms with Crippen molar-refractivity contribution in [1.82, 2.24) is 4.98 Å². The van der Waals surface area contributed by atoms with Crippen LogP contribution in [-0.4, -0.2) is 25.1 Å². The lowest BCUT2D eigenvalue weighted by Crippen LogP contribution is -2.33. The molecule has 0 saturated carbocycles. The highest BCUT2D eigenvalue weighted by atomic mass is 15.1. The summed E-state index contributed by atoms with van der Waals surface area (Å²) in [5.74, 6) is 1.14. The number of nitrogens with zero attached hydrogens (tertiary/aromatic N) is 1. The lowest BCUT2D eigenvalue weighted by molar-refractivity contribution is 0.398. The summed E-state index contributed by atoms with van der Waals surface area (Å²) >= 11 is 0. The zero-order valence-corrected chi connectivity index (χ0v) is 11.5. The van der Waals surface area contributed by atoms with Crippen molar-refractivity contribution in [2.75, 3.05) is 25.0 Å². The Labute approximate surface area is 109 Å². The number of hydrogen-bond donors (Lipinski definition) is 2. The minimum atomic E-state index is 0.531. The number of hydrogen-bond acceptors (Lipinski definition) is 2. The highest BCUT2D eigenvalue weighted by Crippen LogP contribution is 2.26. The van der Waals surface area contributed by atoms with Crippen LogP contribution < -0.4 is 10.6 Å².